The van der Waals surface area contributed by atoms with Gasteiger partial charge in [-0.05, 0) is 48.4 Å². The van der Waals surface area contributed by atoms with E-state index < -0.39 is 30.0 Å². The van der Waals surface area contributed by atoms with Crippen LogP contribution in [0.1, 0.15) is 48.4 Å². The molecule has 49 heavy (non-hydrogen) atoms. The topological polar surface area (TPSA) is 97.7 Å². The molecule has 0 aliphatic carbocycles. The smallest absolute Gasteiger partial charge is 0.254 e. The Hall–Kier alpha value is -3.89. The number of nitrogens with zero attached hydrogens (tertiary/aromatic N) is 1. The highest BCUT2D eigenvalue weighted by Crippen LogP contribution is 2.31. The molecule has 2 N–H and O–H groups in total. The lowest BCUT2D eigenvalue weighted by Crippen LogP contribution is -2.64. The minimum atomic E-state index is -2.00. The van der Waals surface area contributed by atoms with E-state index in [0.29, 0.717) is 13.1 Å². The molecular weight excluding hydrogens is 618 g/mol. The van der Waals surface area contributed by atoms with Crippen molar-refractivity contribution in [1.29, 1.82) is 0 Å². The summed E-state index contributed by atoms with van der Waals surface area (Å²) in [6.07, 6.45) is -2.04. The van der Waals surface area contributed by atoms with E-state index in [1.807, 2.05) is 126 Å². The van der Waals surface area contributed by atoms with Gasteiger partial charge in [-0.25, -0.2) is 0 Å². The van der Waals surface area contributed by atoms with E-state index in [1.165, 1.54) is 6.92 Å². The lowest BCUT2D eigenvalue weighted by Gasteiger charge is -2.44. The molecule has 0 radical (unpaired) electrons. The SMILES string of the molecule is C[C@@H](O)C(O)(COCc1ccccc1)[C@@H](OCc1ccccc1)[C@H](OCc1ccccc1)[C@@H](OCc1ccccc1)C(=O)N1CCCCC1. The molecule has 8 nitrogen and oxygen atoms in total. The first-order chi connectivity index (χ1) is 23.9. The summed E-state index contributed by atoms with van der Waals surface area (Å²) in [6, 6.07) is 38.5. The van der Waals surface area contributed by atoms with Crippen LogP contribution in [0.15, 0.2) is 121 Å². The first-order valence-electron chi connectivity index (χ1n) is 17.2. The van der Waals surface area contributed by atoms with E-state index in [4.69, 9.17) is 18.9 Å². The van der Waals surface area contributed by atoms with Gasteiger partial charge in [0.25, 0.3) is 5.91 Å². The van der Waals surface area contributed by atoms with Crippen LogP contribution in [0.2, 0.25) is 0 Å². The standard InChI is InChI=1S/C41H49NO7/c1-32(43)41(45,31-46-27-33-17-7-2-8-18-33)39(49-30-36-23-13-5-14-24-36)37(47-28-34-19-9-3-10-20-34)38(40(44)42-25-15-6-16-26-42)48-29-35-21-11-4-12-22-35/h2-5,7-14,17-24,32,37-39,43,45H,6,15-16,25-31H2,1H3/t32-,37-,38-,39+,41?/m1/s1. The first-order valence-corrected chi connectivity index (χ1v) is 17.2. The van der Waals surface area contributed by atoms with Gasteiger partial charge in [-0.2, -0.15) is 0 Å². The third-order valence-corrected chi connectivity index (χ3v) is 9.00. The Kier molecular flexibility index (Phi) is 13.9. The van der Waals surface area contributed by atoms with E-state index in [0.717, 1.165) is 41.5 Å². The molecule has 0 spiro atoms. The third kappa shape index (κ3) is 10.5. The highest BCUT2D eigenvalue weighted by Gasteiger charge is 2.52. The zero-order valence-corrected chi connectivity index (χ0v) is 28.3. The Morgan fingerprint density at radius 1 is 0.653 bits per heavy atom. The quantitative estimate of drug-likeness (QED) is 0.133. The van der Waals surface area contributed by atoms with Gasteiger partial charge in [0, 0.05) is 13.1 Å². The molecule has 1 unspecified atom stereocenters. The van der Waals surface area contributed by atoms with Gasteiger partial charge in [0.15, 0.2) is 6.10 Å². The molecule has 260 valence electrons. The Morgan fingerprint density at radius 2 is 1.08 bits per heavy atom. The van der Waals surface area contributed by atoms with Crippen molar-refractivity contribution in [3.05, 3.63) is 144 Å². The van der Waals surface area contributed by atoms with Crippen LogP contribution in [-0.4, -0.2) is 70.7 Å². The van der Waals surface area contributed by atoms with Crippen LogP contribution in [0.5, 0.6) is 0 Å². The molecule has 1 aliphatic rings. The fourth-order valence-electron chi connectivity index (χ4n) is 6.09. The van der Waals surface area contributed by atoms with Gasteiger partial charge in [0.1, 0.15) is 17.8 Å². The summed E-state index contributed by atoms with van der Waals surface area (Å²) >= 11 is 0. The Morgan fingerprint density at radius 3 is 1.55 bits per heavy atom. The number of hydrogen-bond donors (Lipinski definition) is 2. The molecule has 5 atom stereocenters. The van der Waals surface area contributed by atoms with Crippen molar-refractivity contribution in [2.75, 3.05) is 19.7 Å². The zero-order chi connectivity index (χ0) is 34.3. The Bertz CT molecular complexity index is 1500. The van der Waals surface area contributed by atoms with Crippen LogP contribution in [0, 0.1) is 0 Å². The fraction of sp³-hybridized carbons (Fsp3) is 0.390. The maximum absolute atomic E-state index is 14.5. The maximum atomic E-state index is 14.5. The van der Waals surface area contributed by atoms with Gasteiger partial charge < -0.3 is 34.1 Å². The highest BCUT2D eigenvalue weighted by atomic mass is 16.6. The molecule has 0 bridgehead atoms. The molecule has 1 amide bonds. The number of benzene rings is 4. The monoisotopic (exact) mass is 667 g/mol. The maximum Gasteiger partial charge on any atom is 0.254 e. The summed E-state index contributed by atoms with van der Waals surface area (Å²) in [4.78, 5) is 16.4. The number of rotatable bonds is 18. The molecule has 1 heterocycles. The van der Waals surface area contributed by atoms with Crippen molar-refractivity contribution in [1.82, 2.24) is 4.90 Å². The van der Waals surface area contributed by atoms with Gasteiger partial charge >= 0.3 is 0 Å². The van der Waals surface area contributed by atoms with Crippen molar-refractivity contribution < 1.29 is 34.0 Å². The predicted octanol–water partition coefficient (Wildman–Crippen LogP) is 6.08. The second kappa shape index (κ2) is 18.8. The molecule has 1 saturated heterocycles. The first kappa shape index (κ1) is 36.4. The van der Waals surface area contributed by atoms with E-state index in [-0.39, 0.29) is 38.9 Å². The number of aliphatic hydroxyl groups is 2. The molecule has 0 aromatic heterocycles. The van der Waals surface area contributed by atoms with E-state index >= 15 is 0 Å². The van der Waals surface area contributed by atoms with Crippen LogP contribution in [-0.2, 0) is 50.2 Å². The van der Waals surface area contributed by atoms with Gasteiger partial charge in [0.05, 0.1) is 39.1 Å². The Balaban J connectivity index is 1.54. The normalized spacial score (nSPS) is 17.1. The fourth-order valence-corrected chi connectivity index (χ4v) is 6.09. The second-order valence-electron chi connectivity index (χ2n) is 12.7. The molecule has 0 saturated carbocycles. The molecular formula is C41H49NO7. The van der Waals surface area contributed by atoms with Crippen molar-refractivity contribution in [2.45, 2.75) is 82.6 Å². The second-order valence-corrected chi connectivity index (χ2v) is 12.7. The van der Waals surface area contributed by atoms with Gasteiger partial charge in [-0.15, -0.1) is 0 Å². The summed E-state index contributed by atoms with van der Waals surface area (Å²) in [7, 11) is 0. The molecule has 8 heteroatoms. The van der Waals surface area contributed by atoms with Crippen molar-refractivity contribution in [3.63, 3.8) is 0 Å². The zero-order valence-electron chi connectivity index (χ0n) is 28.3. The van der Waals surface area contributed by atoms with Gasteiger partial charge in [-0.1, -0.05) is 121 Å². The van der Waals surface area contributed by atoms with Crippen LogP contribution >= 0.6 is 0 Å². The molecule has 1 aliphatic heterocycles. The lowest BCUT2D eigenvalue weighted by atomic mass is 9.85. The molecule has 4 aromatic carbocycles. The average Bonchev–Trinajstić information content (AvgIpc) is 3.15. The van der Waals surface area contributed by atoms with Crippen LogP contribution in [0.3, 0.4) is 0 Å². The van der Waals surface area contributed by atoms with Crippen molar-refractivity contribution >= 4 is 5.91 Å². The number of piperidine rings is 1. The highest BCUT2D eigenvalue weighted by molar-refractivity contribution is 5.82. The number of hydrogen-bond acceptors (Lipinski definition) is 7. The predicted molar refractivity (Wildman–Crippen MR) is 188 cm³/mol. The van der Waals surface area contributed by atoms with Crippen LogP contribution < -0.4 is 0 Å². The lowest BCUT2D eigenvalue weighted by molar-refractivity contribution is -0.246. The minimum Gasteiger partial charge on any atom is -0.390 e. The summed E-state index contributed by atoms with van der Waals surface area (Å²) in [5.41, 5.74) is 1.54. The Labute approximate surface area is 290 Å². The van der Waals surface area contributed by atoms with Crippen LogP contribution in [0.4, 0.5) is 0 Å². The number of carbonyl (C=O) groups is 1. The molecule has 5 rings (SSSR count). The number of ether oxygens (including phenoxy) is 4. The van der Waals surface area contributed by atoms with Gasteiger partial charge in [0.2, 0.25) is 0 Å². The summed E-state index contributed by atoms with van der Waals surface area (Å²) in [6.45, 7) is 2.98. The average molecular weight is 668 g/mol. The van der Waals surface area contributed by atoms with E-state index in [2.05, 4.69) is 0 Å². The van der Waals surface area contributed by atoms with Crippen molar-refractivity contribution in [3.8, 4) is 0 Å². The molecule has 4 aromatic rings. The van der Waals surface area contributed by atoms with Crippen molar-refractivity contribution in [2.24, 2.45) is 0 Å². The number of likely N-dealkylation sites (tertiary alicyclic amines) is 1. The van der Waals surface area contributed by atoms with E-state index in [9.17, 15) is 15.0 Å². The third-order valence-electron chi connectivity index (χ3n) is 9.00. The number of carbonyl (C=O) groups excluding carboxylic acids is 1. The number of aliphatic hydroxyl groups excluding tert-OH is 1. The van der Waals surface area contributed by atoms with Gasteiger partial charge in [-0.3, -0.25) is 4.79 Å². The minimum absolute atomic E-state index is 0.0910. The summed E-state index contributed by atoms with van der Waals surface area (Å²) < 4.78 is 25.9. The summed E-state index contributed by atoms with van der Waals surface area (Å²) in [5.74, 6) is -0.236. The van der Waals surface area contributed by atoms with E-state index in [1.54, 1.807) is 0 Å². The number of amides is 1. The van der Waals surface area contributed by atoms with Crippen LogP contribution in [0.25, 0.3) is 0 Å². The molecule has 1 fully saturated rings. The summed E-state index contributed by atoms with van der Waals surface area (Å²) in [5, 5.41) is 23.9. The largest absolute Gasteiger partial charge is 0.390 e.